The van der Waals surface area contributed by atoms with Crippen molar-refractivity contribution in [1.82, 2.24) is 0 Å². The summed E-state index contributed by atoms with van der Waals surface area (Å²) in [6, 6.07) is 8.28. The van der Waals surface area contributed by atoms with E-state index in [0.29, 0.717) is 5.78 Å². The third-order valence-electron chi connectivity index (χ3n) is 2.31. The Bertz CT molecular complexity index is 349. The SMILES string of the molecule is O=C1CC1SCc1ccccc1CS. The fourth-order valence-electron chi connectivity index (χ4n) is 1.32. The van der Waals surface area contributed by atoms with Crippen LogP contribution in [0.15, 0.2) is 24.3 Å². The van der Waals surface area contributed by atoms with Gasteiger partial charge in [-0.15, -0.1) is 11.8 Å². The normalized spacial score (nSPS) is 19.8. The Kier molecular flexibility index (Phi) is 3.19. The molecule has 2 rings (SSSR count). The Hall–Kier alpha value is -0.410. The van der Waals surface area contributed by atoms with Crippen LogP contribution in [0.1, 0.15) is 17.5 Å². The highest BCUT2D eigenvalue weighted by Gasteiger charge is 2.34. The summed E-state index contributed by atoms with van der Waals surface area (Å²) >= 11 is 6.03. The highest BCUT2D eigenvalue weighted by molar-refractivity contribution is 8.00. The Labute approximate surface area is 93.7 Å². The van der Waals surface area contributed by atoms with Gasteiger partial charge in [-0.2, -0.15) is 12.6 Å². The lowest BCUT2D eigenvalue weighted by molar-refractivity contribution is -0.109. The Balaban J connectivity index is 1.97. The van der Waals surface area contributed by atoms with E-state index in [4.69, 9.17) is 0 Å². The number of Topliss-reactive ketones (excluding diaryl/α,β-unsaturated/α-hetero) is 1. The summed E-state index contributed by atoms with van der Waals surface area (Å²) < 4.78 is 0. The first kappa shape index (κ1) is 10.1. The minimum atomic E-state index is 0.281. The van der Waals surface area contributed by atoms with Gasteiger partial charge in [-0.1, -0.05) is 24.3 Å². The maximum Gasteiger partial charge on any atom is 0.147 e. The van der Waals surface area contributed by atoms with Crippen LogP contribution < -0.4 is 0 Å². The van der Waals surface area contributed by atoms with Crippen LogP contribution in [0.5, 0.6) is 0 Å². The molecule has 1 atom stereocenters. The molecule has 0 aliphatic heterocycles. The summed E-state index contributed by atoms with van der Waals surface area (Å²) in [4.78, 5) is 10.8. The predicted octanol–water partition coefficient (Wildman–Crippen LogP) is 2.69. The summed E-state index contributed by atoms with van der Waals surface area (Å²) in [5.41, 5.74) is 2.59. The minimum Gasteiger partial charge on any atom is -0.298 e. The zero-order valence-corrected chi connectivity index (χ0v) is 9.48. The Morgan fingerprint density at radius 3 is 2.57 bits per heavy atom. The number of carbonyl (C=O) groups excluding carboxylic acids is 1. The van der Waals surface area contributed by atoms with Gasteiger partial charge in [-0.05, 0) is 11.1 Å². The molecular formula is C11H12OS2. The zero-order valence-electron chi connectivity index (χ0n) is 7.77. The molecule has 0 amide bonds. The molecule has 0 aromatic heterocycles. The van der Waals surface area contributed by atoms with Crippen LogP contribution in [0.25, 0.3) is 0 Å². The van der Waals surface area contributed by atoms with Crippen molar-refractivity contribution in [1.29, 1.82) is 0 Å². The van der Waals surface area contributed by atoms with E-state index in [1.165, 1.54) is 11.1 Å². The van der Waals surface area contributed by atoms with Crippen molar-refractivity contribution in [2.75, 3.05) is 0 Å². The molecule has 74 valence electrons. The predicted molar refractivity (Wildman–Crippen MR) is 63.8 cm³/mol. The minimum absolute atomic E-state index is 0.281. The van der Waals surface area contributed by atoms with Crippen LogP contribution in [-0.2, 0) is 16.3 Å². The van der Waals surface area contributed by atoms with Gasteiger partial charge in [-0.3, -0.25) is 4.79 Å². The summed E-state index contributed by atoms with van der Waals surface area (Å²) in [6.07, 6.45) is 0.772. The molecule has 3 heteroatoms. The molecule has 0 saturated heterocycles. The van der Waals surface area contributed by atoms with Crippen molar-refractivity contribution in [3.8, 4) is 0 Å². The Morgan fingerprint density at radius 1 is 1.36 bits per heavy atom. The molecule has 0 spiro atoms. The van der Waals surface area contributed by atoms with Crippen LogP contribution >= 0.6 is 24.4 Å². The van der Waals surface area contributed by atoms with Gasteiger partial charge in [0.2, 0.25) is 0 Å². The van der Waals surface area contributed by atoms with Crippen LogP contribution in [0, 0.1) is 0 Å². The third kappa shape index (κ3) is 2.34. The van der Waals surface area contributed by atoms with Crippen molar-refractivity contribution in [2.24, 2.45) is 0 Å². The van der Waals surface area contributed by atoms with Gasteiger partial charge in [0.25, 0.3) is 0 Å². The first-order chi connectivity index (χ1) is 6.81. The topological polar surface area (TPSA) is 17.1 Å². The Morgan fingerprint density at radius 2 is 2.00 bits per heavy atom. The molecule has 1 fully saturated rings. The molecule has 14 heavy (non-hydrogen) atoms. The smallest absolute Gasteiger partial charge is 0.147 e. The quantitative estimate of drug-likeness (QED) is 0.792. The number of carbonyl (C=O) groups is 1. The van der Waals surface area contributed by atoms with Crippen LogP contribution in [0.3, 0.4) is 0 Å². The number of rotatable bonds is 4. The molecule has 1 unspecified atom stereocenters. The van der Waals surface area contributed by atoms with Crippen LogP contribution in [0.2, 0.25) is 0 Å². The van der Waals surface area contributed by atoms with E-state index in [9.17, 15) is 4.79 Å². The first-order valence-corrected chi connectivity index (χ1v) is 6.31. The van der Waals surface area contributed by atoms with Gasteiger partial charge in [0.15, 0.2) is 0 Å². The lowest BCUT2D eigenvalue weighted by Crippen LogP contribution is -1.90. The van der Waals surface area contributed by atoms with Gasteiger partial charge in [-0.25, -0.2) is 0 Å². The highest BCUT2D eigenvalue weighted by Crippen LogP contribution is 2.33. The molecule has 1 aromatic rings. The molecule has 0 bridgehead atoms. The second kappa shape index (κ2) is 4.41. The monoisotopic (exact) mass is 224 g/mol. The van der Waals surface area contributed by atoms with E-state index in [-0.39, 0.29) is 5.25 Å². The van der Waals surface area contributed by atoms with E-state index in [1.54, 1.807) is 11.8 Å². The van der Waals surface area contributed by atoms with Crippen molar-refractivity contribution in [3.05, 3.63) is 35.4 Å². The fourth-order valence-corrected chi connectivity index (χ4v) is 2.76. The number of hydrogen-bond donors (Lipinski definition) is 1. The van der Waals surface area contributed by atoms with Crippen LogP contribution in [-0.4, -0.2) is 11.0 Å². The van der Waals surface area contributed by atoms with Crippen molar-refractivity contribution in [3.63, 3.8) is 0 Å². The van der Waals surface area contributed by atoms with Crippen molar-refractivity contribution < 1.29 is 4.79 Å². The third-order valence-corrected chi connectivity index (χ3v) is 3.96. The van der Waals surface area contributed by atoms with Gasteiger partial charge in [0.1, 0.15) is 5.78 Å². The summed E-state index contributed by atoms with van der Waals surface area (Å²) in [7, 11) is 0. The first-order valence-electron chi connectivity index (χ1n) is 4.63. The number of hydrogen-bond acceptors (Lipinski definition) is 3. The second-order valence-corrected chi connectivity index (χ2v) is 4.90. The van der Waals surface area contributed by atoms with Gasteiger partial charge in [0.05, 0.1) is 5.25 Å². The molecule has 0 radical (unpaired) electrons. The van der Waals surface area contributed by atoms with Gasteiger partial charge in [0, 0.05) is 17.9 Å². The summed E-state index contributed by atoms with van der Waals surface area (Å²) in [5, 5.41) is 0.281. The number of ketones is 1. The molecule has 0 N–H and O–H groups in total. The van der Waals surface area contributed by atoms with E-state index in [2.05, 4.69) is 24.8 Å². The molecule has 1 saturated carbocycles. The van der Waals surface area contributed by atoms with Crippen LogP contribution in [0.4, 0.5) is 0 Å². The van der Waals surface area contributed by atoms with E-state index < -0.39 is 0 Å². The summed E-state index contributed by atoms with van der Waals surface area (Å²) in [5.74, 6) is 2.11. The largest absolute Gasteiger partial charge is 0.298 e. The second-order valence-electron chi connectivity index (χ2n) is 3.40. The molecule has 1 nitrogen and oxygen atoms in total. The van der Waals surface area contributed by atoms with Crippen molar-refractivity contribution >= 4 is 30.2 Å². The van der Waals surface area contributed by atoms with Gasteiger partial charge >= 0.3 is 0 Å². The maximum absolute atomic E-state index is 10.8. The van der Waals surface area contributed by atoms with Crippen molar-refractivity contribution in [2.45, 2.75) is 23.2 Å². The number of benzene rings is 1. The molecular weight excluding hydrogens is 212 g/mol. The molecule has 1 aliphatic rings. The average Bonchev–Trinajstić information content (AvgIpc) is 2.92. The molecule has 0 heterocycles. The van der Waals surface area contributed by atoms with E-state index in [1.807, 2.05) is 12.1 Å². The summed E-state index contributed by atoms with van der Waals surface area (Å²) in [6.45, 7) is 0. The fraction of sp³-hybridized carbons (Fsp3) is 0.364. The number of thioether (sulfide) groups is 1. The van der Waals surface area contributed by atoms with E-state index >= 15 is 0 Å². The van der Waals surface area contributed by atoms with E-state index in [0.717, 1.165) is 17.9 Å². The lowest BCUT2D eigenvalue weighted by Gasteiger charge is -2.05. The maximum atomic E-state index is 10.8. The number of thiol groups is 1. The lowest BCUT2D eigenvalue weighted by atomic mass is 10.1. The average molecular weight is 224 g/mol. The highest BCUT2D eigenvalue weighted by atomic mass is 32.2. The van der Waals surface area contributed by atoms with Gasteiger partial charge < -0.3 is 0 Å². The molecule has 1 aromatic carbocycles. The standard InChI is InChI=1S/C11H12OS2/c12-10-5-11(10)14-7-9-4-2-1-3-8(9)6-13/h1-4,11,13H,5-7H2. The zero-order chi connectivity index (χ0) is 9.97. The molecule has 1 aliphatic carbocycles.